The van der Waals surface area contributed by atoms with Gasteiger partial charge in [0.1, 0.15) is 10.6 Å². The molecular formula is C20H23N5O4S. The summed E-state index contributed by atoms with van der Waals surface area (Å²) >= 11 is 0. The van der Waals surface area contributed by atoms with Gasteiger partial charge >= 0.3 is 0 Å². The number of carbonyl (C=O) groups excluding carboxylic acids is 1. The van der Waals surface area contributed by atoms with E-state index < -0.39 is 10.0 Å². The maximum Gasteiger partial charge on any atom is 0.248 e. The summed E-state index contributed by atoms with van der Waals surface area (Å²) in [5.41, 5.74) is 1.25. The van der Waals surface area contributed by atoms with Gasteiger partial charge in [-0.3, -0.25) is 4.79 Å². The Hall–Kier alpha value is -2.98. The average Bonchev–Trinajstić information content (AvgIpc) is 3.35. The fourth-order valence-corrected chi connectivity index (χ4v) is 5.43. The highest BCUT2D eigenvalue weighted by Gasteiger charge is 2.35. The van der Waals surface area contributed by atoms with Crippen LogP contribution in [-0.4, -0.2) is 46.7 Å². The number of aryl methyl sites for hydroxylation is 2. The first-order chi connectivity index (χ1) is 14.4. The number of carbonyl (C=O) groups is 1. The van der Waals surface area contributed by atoms with E-state index in [-0.39, 0.29) is 35.6 Å². The molecule has 0 spiro atoms. The largest absolute Gasteiger partial charge is 0.360 e. The number of piperidine rings is 1. The summed E-state index contributed by atoms with van der Waals surface area (Å²) in [6.45, 7) is 3.73. The number of anilines is 1. The summed E-state index contributed by atoms with van der Waals surface area (Å²) in [6.07, 6.45) is 2.66. The molecule has 0 atom stereocenters. The molecule has 30 heavy (non-hydrogen) atoms. The maximum absolute atomic E-state index is 12.9. The molecule has 1 aliphatic rings. The molecule has 0 saturated carbocycles. The van der Waals surface area contributed by atoms with Gasteiger partial charge in [-0.05, 0) is 38.8 Å². The lowest BCUT2D eigenvalue weighted by molar-refractivity contribution is -0.120. The topological polar surface area (TPSA) is 110 Å². The fraction of sp³-hybridized carbons (Fsp3) is 0.350. The third kappa shape index (κ3) is 3.88. The van der Waals surface area contributed by atoms with Crippen molar-refractivity contribution in [3.8, 4) is 5.69 Å². The average molecular weight is 430 g/mol. The van der Waals surface area contributed by atoms with Crippen LogP contribution in [0.5, 0.6) is 0 Å². The zero-order valence-corrected chi connectivity index (χ0v) is 17.6. The van der Waals surface area contributed by atoms with Crippen LogP contribution >= 0.6 is 0 Å². The monoisotopic (exact) mass is 429 g/mol. The molecule has 3 aromatic rings. The van der Waals surface area contributed by atoms with E-state index in [1.165, 1.54) is 4.31 Å². The molecule has 0 aliphatic carbocycles. The van der Waals surface area contributed by atoms with Crippen LogP contribution in [0, 0.1) is 19.8 Å². The third-order valence-electron chi connectivity index (χ3n) is 5.25. The van der Waals surface area contributed by atoms with Gasteiger partial charge in [0, 0.05) is 31.3 Å². The van der Waals surface area contributed by atoms with Crippen LogP contribution in [0.3, 0.4) is 0 Å². The summed E-state index contributed by atoms with van der Waals surface area (Å²) in [4.78, 5) is 12.8. The zero-order valence-electron chi connectivity index (χ0n) is 16.8. The highest BCUT2D eigenvalue weighted by Crippen LogP contribution is 2.28. The quantitative estimate of drug-likeness (QED) is 0.667. The van der Waals surface area contributed by atoms with E-state index >= 15 is 0 Å². The summed E-state index contributed by atoms with van der Waals surface area (Å²) in [7, 11) is -3.69. The number of aromatic nitrogens is 3. The number of nitrogens with zero attached hydrogens (tertiary/aromatic N) is 4. The van der Waals surface area contributed by atoms with Crippen molar-refractivity contribution in [2.75, 3.05) is 18.4 Å². The van der Waals surface area contributed by atoms with Crippen LogP contribution in [0.1, 0.15) is 24.3 Å². The Balaban J connectivity index is 1.38. The lowest BCUT2D eigenvalue weighted by atomic mass is 9.97. The van der Waals surface area contributed by atoms with E-state index in [2.05, 4.69) is 15.6 Å². The van der Waals surface area contributed by atoms with Crippen molar-refractivity contribution in [2.24, 2.45) is 5.92 Å². The molecule has 1 fully saturated rings. The van der Waals surface area contributed by atoms with E-state index in [9.17, 15) is 13.2 Å². The number of hydrogen-bond acceptors (Lipinski definition) is 6. The second-order valence-corrected chi connectivity index (χ2v) is 9.18. The van der Waals surface area contributed by atoms with Gasteiger partial charge in [-0.2, -0.15) is 9.40 Å². The molecule has 0 bridgehead atoms. The van der Waals surface area contributed by atoms with Crippen molar-refractivity contribution in [3.05, 3.63) is 54.0 Å². The molecule has 4 rings (SSSR count). The van der Waals surface area contributed by atoms with Crippen molar-refractivity contribution in [1.82, 2.24) is 19.2 Å². The Morgan fingerprint density at radius 1 is 1.13 bits per heavy atom. The van der Waals surface area contributed by atoms with E-state index in [4.69, 9.17) is 4.52 Å². The van der Waals surface area contributed by atoms with Gasteiger partial charge in [0.15, 0.2) is 11.6 Å². The SMILES string of the molecule is Cc1noc(C)c1S(=O)(=O)N1CCC(C(=O)Nc2ccn(-c3ccccc3)n2)CC1. The van der Waals surface area contributed by atoms with Gasteiger partial charge < -0.3 is 9.84 Å². The van der Waals surface area contributed by atoms with Crippen LogP contribution in [0.2, 0.25) is 0 Å². The van der Waals surface area contributed by atoms with E-state index in [0.717, 1.165) is 5.69 Å². The Morgan fingerprint density at radius 2 is 1.83 bits per heavy atom. The Kier molecular flexibility index (Phi) is 5.44. The van der Waals surface area contributed by atoms with Crippen molar-refractivity contribution >= 4 is 21.7 Å². The molecule has 1 aromatic carbocycles. The van der Waals surface area contributed by atoms with Crippen molar-refractivity contribution in [2.45, 2.75) is 31.6 Å². The molecule has 0 unspecified atom stereocenters. The standard InChI is InChI=1S/C20H23N5O4S/c1-14-19(15(2)29-23-14)30(27,28)24-11-8-16(9-12-24)20(26)21-18-10-13-25(22-18)17-6-4-3-5-7-17/h3-7,10,13,16H,8-9,11-12H2,1-2H3,(H,21,22,26). The molecule has 1 saturated heterocycles. The number of para-hydroxylation sites is 1. The van der Waals surface area contributed by atoms with Gasteiger partial charge in [-0.15, -0.1) is 0 Å². The molecule has 2 aromatic heterocycles. The Morgan fingerprint density at radius 3 is 2.47 bits per heavy atom. The molecule has 9 nitrogen and oxygen atoms in total. The first-order valence-electron chi connectivity index (χ1n) is 9.71. The van der Waals surface area contributed by atoms with Crippen LogP contribution in [0.4, 0.5) is 5.82 Å². The number of amides is 1. The Bertz CT molecular complexity index is 1130. The lowest BCUT2D eigenvalue weighted by Gasteiger charge is -2.30. The smallest absolute Gasteiger partial charge is 0.248 e. The predicted octanol–water partition coefficient (Wildman–Crippen LogP) is 2.52. The van der Waals surface area contributed by atoms with Crippen LogP contribution in [0.15, 0.2) is 52.0 Å². The van der Waals surface area contributed by atoms with Crippen molar-refractivity contribution in [1.29, 1.82) is 0 Å². The van der Waals surface area contributed by atoms with Gasteiger partial charge in [-0.1, -0.05) is 23.4 Å². The second kappa shape index (κ2) is 8.04. The number of hydrogen-bond donors (Lipinski definition) is 1. The summed E-state index contributed by atoms with van der Waals surface area (Å²) in [5.74, 6) is 0.321. The molecule has 1 N–H and O–H groups in total. The number of benzene rings is 1. The van der Waals surface area contributed by atoms with Gasteiger partial charge in [0.05, 0.1) is 5.69 Å². The molecule has 0 radical (unpaired) electrons. The number of nitrogens with one attached hydrogen (secondary N) is 1. The molecule has 3 heterocycles. The highest BCUT2D eigenvalue weighted by atomic mass is 32.2. The molecule has 158 valence electrons. The maximum atomic E-state index is 12.9. The Labute approximate surface area is 174 Å². The van der Waals surface area contributed by atoms with E-state index in [0.29, 0.717) is 24.4 Å². The first kappa shape index (κ1) is 20.3. The second-order valence-electron chi connectivity index (χ2n) is 7.30. The van der Waals surface area contributed by atoms with Crippen LogP contribution in [-0.2, 0) is 14.8 Å². The van der Waals surface area contributed by atoms with Crippen LogP contribution in [0.25, 0.3) is 5.69 Å². The zero-order chi connectivity index (χ0) is 21.3. The molecular weight excluding hydrogens is 406 g/mol. The van der Waals surface area contributed by atoms with Crippen molar-refractivity contribution in [3.63, 3.8) is 0 Å². The van der Waals surface area contributed by atoms with Crippen molar-refractivity contribution < 1.29 is 17.7 Å². The number of sulfonamides is 1. The minimum atomic E-state index is -3.69. The van der Waals surface area contributed by atoms with E-state index in [1.54, 1.807) is 30.8 Å². The predicted molar refractivity (Wildman–Crippen MR) is 110 cm³/mol. The molecule has 1 amide bonds. The number of rotatable bonds is 5. The third-order valence-corrected chi connectivity index (χ3v) is 7.40. The van der Waals surface area contributed by atoms with Gasteiger partial charge in [0.25, 0.3) is 0 Å². The molecule has 10 heteroatoms. The minimum Gasteiger partial charge on any atom is -0.360 e. The van der Waals surface area contributed by atoms with Gasteiger partial charge in [-0.25, -0.2) is 13.1 Å². The normalized spacial score (nSPS) is 15.9. The fourth-order valence-electron chi connectivity index (χ4n) is 3.67. The minimum absolute atomic E-state index is 0.122. The van der Waals surface area contributed by atoms with Gasteiger partial charge in [0.2, 0.25) is 15.9 Å². The van der Waals surface area contributed by atoms with Crippen LogP contribution < -0.4 is 5.32 Å². The lowest BCUT2D eigenvalue weighted by Crippen LogP contribution is -2.41. The molecule has 1 aliphatic heterocycles. The summed E-state index contributed by atoms with van der Waals surface area (Å²) < 4.78 is 33.9. The van der Waals surface area contributed by atoms with E-state index in [1.807, 2.05) is 30.3 Å². The summed E-state index contributed by atoms with van der Waals surface area (Å²) in [5, 5.41) is 11.0. The first-order valence-corrected chi connectivity index (χ1v) is 11.2. The highest BCUT2D eigenvalue weighted by molar-refractivity contribution is 7.89. The summed E-state index contributed by atoms with van der Waals surface area (Å²) in [6, 6.07) is 11.3.